The maximum absolute atomic E-state index is 12.5. The lowest BCUT2D eigenvalue weighted by Crippen LogP contribution is -2.28. The van der Waals surface area contributed by atoms with Crippen molar-refractivity contribution in [3.63, 3.8) is 0 Å². The molecule has 0 radical (unpaired) electrons. The summed E-state index contributed by atoms with van der Waals surface area (Å²) < 4.78 is 6.88. The van der Waals surface area contributed by atoms with Crippen molar-refractivity contribution >= 4 is 40.6 Å². The number of carbonyl (C=O) groups excluding carboxylic acids is 2. The molecule has 35 heavy (non-hydrogen) atoms. The summed E-state index contributed by atoms with van der Waals surface area (Å²) in [6, 6.07) is 10.3. The molecule has 2 aromatic heterocycles. The van der Waals surface area contributed by atoms with Crippen molar-refractivity contribution in [2.75, 3.05) is 5.32 Å². The Morgan fingerprint density at radius 3 is 2.74 bits per heavy atom. The van der Waals surface area contributed by atoms with Crippen LogP contribution in [0.3, 0.4) is 0 Å². The lowest BCUT2D eigenvalue weighted by atomic mass is 9.85. The predicted octanol–water partition coefficient (Wildman–Crippen LogP) is 4.29. The number of hydrogen-bond donors (Lipinski definition) is 2. The maximum atomic E-state index is 12.5. The van der Waals surface area contributed by atoms with Gasteiger partial charge >= 0.3 is 11.7 Å². The van der Waals surface area contributed by atoms with Crippen molar-refractivity contribution in [3.8, 4) is 0 Å². The molecule has 0 atom stereocenters. The summed E-state index contributed by atoms with van der Waals surface area (Å²) in [5.41, 5.74) is 4.81. The molecule has 0 saturated heterocycles. The quantitative estimate of drug-likeness (QED) is 0.269. The summed E-state index contributed by atoms with van der Waals surface area (Å²) >= 11 is 5.95. The van der Waals surface area contributed by atoms with Crippen molar-refractivity contribution in [1.82, 2.24) is 15.2 Å². The molecule has 4 rings (SSSR count). The molecule has 0 spiro atoms. The SMILES string of the molecule is C/C(=N\NC(=O)c1ccc(Cn2nc([N+](=O)[O-])c(Cl)c2C)o1)c1cccc(NC(=O)C2CCC2)c1. The average molecular weight is 499 g/mol. The molecule has 3 aromatic rings. The molecule has 12 heteroatoms. The second kappa shape index (κ2) is 10.1. The van der Waals surface area contributed by atoms with Gasteiger partial charge in [-0.05, 0) is 61.4 Å². The number of hydrogen-bond acceptors (Lipinski definition) is 7. The third kappa shape index (κ3) is 5.40. The minimum absolute atomic E-state index is 0.0171. The van der Waals surface area contributed by atoms with Crippen molar-refractivity contribution in [1.29, 1.82) is 0 Å². The molecule has 0 unspecified atom stereocenters. The van der Waals surface area contributed by atoms with Crippen LogP contribution in [-0.2, 0) is 11.3 Å². The average Bonchev–Trinajstić information content (AvgIpc) is 3.36. The Hall–Kier alpha value is -3.99. The summed E-state index contributed by atoms with van der Waals surface area (Å²) in [5, 5.41) is 21.9. The van der Waals surface area contributed by atoms with Gasteiger partial charge in [0.1, 0.15) is 12.3 Å². The number of nitrogens with one attached hydrogen (secondary N) is 2. The third-order valence-corrected chi connectivity index (χ3v) is 6.27. The highest BCUT2D eigenvalue weighted by molar-refractivity contribution is 6.33. The Morgan fingerprint density at radius 1 is 1.31 bits per heavy atom. The molecular weight excluding hydrogens is 476 g/mol. The molecule has 0 aliphatic heterocycles. The van der Waals surface area contributed by atoms with E-state index in [0.29, 0.717) is 22.9 Å². The van der Waals surface area contributed by atoms with Crippen LogP contribution in [0.2, 0.25) is 5.02 Å². The number of nitrogens with zero attached hydrogens (tertiary/aromatic N) is 4. The highest BCUT2D eigenvalue weighted by Crippen LogP contribution is 2.28. The summed E-state index contributed by atoms with van der Waals surface area (Å²) in [6.07, 6.45) is 2.92. The zero-order chi connectivity index (χ0) is 25.1. The van der Waals surface area contributed by atoms with Gasteiger partial charge in [0.15, 0.2) is 10.8 Å². The number of aromatic nitrogens is 2. The number of amides is 2. The summed E-state index contributed by atoms with van der Waals surface area (Å²) in [7, 11) is 0. The highest BCUT2D eigenvalue weighted by atomic mass is 35.5. The fourth-order valence-electron chi connectivity index (χ4n) is 3.50. The van der Waals surface area contributed by atoms with Gasteiger partial charge in [-0.25, -0.2) is 5.43 Å². The van der Waals surface area contributed by atoms with Crippen molar-refractivity contribution in [2.45, 2.75) is 39.7 Å². The smallest absolute Gasteiger partial charge is 0.408 e. The number of benzene rings is 1. The summed E-state index contributed by atoms with van der Waals surface area (Å²) in [6.45, 7) is 3.40. The van der Waals surface area contributed by atoms with Crippen molar-refractivity contribution < 1.29 is 18.9 Å². The van der Waals surface area contributed by atoms with Gasteiger partial charge in [-0.3, -0.25) is 9.59 Å². The van der Waals surface area contributed by atoms with Crippen LogP contribution in [0, 0.1) is 23.0 Å². The van der Waals surface area contributed by atoms with Crippen LogP contribution >= 0.6 is 11.6 Å². The van der Waals surface area contributed by atoms with Gasteiger partial charge in [0, 0.05) is 11.6 Å². The Bertz CT molecular complexity index is 1320. The Labute approximate surface area is 205 Å². The van der Waals surface area contributed by atoms with E-state index in [1.54, 1.807) is 38.1 Å². The van der Waals surface area contributed by atoms with Crippen LogP contribution in [0.15, 0.2) is 45.9 Å². The summed E-state index contributed by atoms with van der Waals surface area (Å²) in [4.78, 5) is 35.0. The second-order valence-corrected chi connectivity index (χ2v) is 8.62. The molecule has 1 saturated carbocycles. The van der Waals surface area contributed by atoms with Gasteiger partial charge in [-0.15, -0.1) is 0 Å². The number of hydrazone groups is 1. The normalized spacial score (nSPS) is 13.9. The molecule has 11 nitrogen and oxygen atoms in total. The van der Waals surface area contributed by atoms with Gasteiger partial charge in [0.25, 0.3) is 0 Å². The van der Waals surface area contributed by atoms with Crippen LogP contribution in [-0.4, -0.2) is 32.2 Å². The van der Waals surface area contributed by atoms with Gasteiger partial charge in [-0.2, -0.15) is 9.78 Å². The molecule has 2 N–H and O–H groups in total. The molecule has 1 aliphatic rings. The monoisotopic (exact) mass is 498 g/mol. The number of anilines is 1. The topological polar surface area (TPSA) is 145 Å². The van der Waals surface area contributed by atoms with Crippen LogP contribution in [0.1, 0.15) is 53.8 Å². The molecule has 1 aromatic carbocycles. The molecular formula is C23H23ClN6O5. The largest absolute Gasteiger partial charge is 0.454 e. The first kappa shape index (κ1) is 24.1. The van der Waals surface area contributed by atoms with E-state index >= 15 is 0 Å². The molecule has 1 aliphatic carbocycles. The Balaban J connectivity index is 1.38. The molecule has 1 fully saturated rings. The van der Waals surface area contributed by atoms with Crippen LogP contribution < -0.4 is 10.7 Å². The second-order valence-electron chi connectivity index (χ2n) is 8.24. The molecule has 2 heterocycles. The first-order valence-corrected chi connectivity index (χ1v) is 11.3. The van der Waals surface area contributed by atoms with Gasteiger partial charge in [0.2, 0.25) is 5.91 Å². The maximum Gasteiger partial charge on any atom is 0.408 e. The highest BCUT2D eigenvalue weighted by Gasteiger charge is 2.26. The van der Waals surface area contributed by atoms with Gasteiger partial charge in [0.05, 0.1) is 16.5 Å². The number of rotatable bonds is 8. The van der Waals surface area contributed by atoms with Crippen LogP contribution in [0.4, 0.5) is 11.5 Å². The molecule has 182 valence electrons. The number of nitro groups is 1. The van der Waals surface area contributed by atoms with E-state index in [-0.39, 0.29) is 29.2 Å². The summed E-state index contributed by atoms with van der Waals surface area (Å²) in [5.74, 6) is -0.523. The van der Waals surface area contributed by atoms with Gasteiger partial charge < -0.3 is 19.8 Å². The number of carbonyl (C=O) groups is 2. The molecule has 0 bridgehead atoms. The Morgan fingerprint density at radius 2 is 2.09 bits per heavy atom. The number of halogens is 1. The minimum Gasteiger partial charge on any atom is -0.454 e. The fraction of sp³-hybridized carbons (Fsp3) is 0.304. The van der Waals surface area contributed by atoms with E-state index in [9.17, 15) is 19.7 Å². The van der Waals surface area contributed by atoms with E-state index in [2.05, 4.69) is 20.9 Å². The minimum atomic E-state index is -0.662. The van der Waals surface area contributed by atoms with Crippen molar-refractivity contribution in [3.05, 3.63) is 74.3 Å². The van der Waals surface area contributed by atoms with Crippen LogP contribution in [0.5, 0.6) is 0 Å². The standard InChI is InChI=1S/C23H23ClN6O5/c1-13(16-7-4-8-17(11-16)25-22(31)15-5-3-6-15)26-27-23(32)19-10-9-18(35-19)12-29-14(2)20(24)21(28-29)30(33)34/h4,7-11,15H,3,5-6,12H2,1-2H3,(H,25,31)(H,27,32)/b26-13+. The zero-order valence-electron chi connectivity index (χ0n) is 19.1. The van der Waals surface area contributed by atoms with Crippen LogP contribution in [0.25, 0.3) is 0 Å². The first-order valence-electron chi connectivity index (χ1n) is 10.9. The number of furan rings is 1. The first-order chi connectivity index (χ1) is 16.7. The zero-order valence-corrected chi connectivity index (χ0v) is 19.8. The van der Waals surface area contributed by atoms with Gasteiger partial charge in [-0.1, -0.05) is 30.2 Å². The fourth-order valence-corrected chi connectivity index (χ4v) is 3.71. The van der Waals surface area contributed by atoms with E-state index < -0.39 is 16.6 Å². The van der Waals surface area contributed by atoms with E-state index in [1.165, 1.54) is 10.7 Å². The predicted molar refractivity (Wildman–Crippen MR) is 129 cm³/mol. The Kier molecular flexibility index (Phi) is 6.97. The van der Waals surface area contributed by atoms with E-state index in [1.807, 2.05) is 6.07 Å². The lowest BCUT2D eigenvalue weighted by molar-refractivity contribution is -0.389. The van der Waals surface area contributed by atoms with Crippen molar-refractivity contribution in [2.24, 2.45) is 11.0 Å². The molecule has 2 amide bonds. The van der Waals surface area contributed by atoms with E-state index in [0.717, 1.165) is 24.8 Å². The lowest BCUT2D eigenvalue weighted by Gasteiger charge is -2.24. The van der Waals surface area contributed by atoms with E-state index in [4.69, 9.17) is 16.0 Å². The third-order valence-electron chi connectivity index (χ3n) is 5.83.